The molecule has 0 radical (unpaired) electrons. The van der Waals surface area contributed by atoms with Gasteiger partial charge in [-0.25, -0.2) is 0 Å². The van der Waals surface area contributed by atoms with Crippen LogP contribution in [-0.4, -0.2) is 20.9 Å². The fraction of sp³-hybridized carbons (Fsp3) is 0.389. The van der Waals surface area contributed by atoms with Crippen molar-refractivity contribution in [3.63, 3.8) is 0 Å². The lowest BCUT2D eigenvalue weighted by Gasteiger charge is -2.16. The zero-order valence-electron chi connectivity index (χ0n) is 12.9. The van der Waals surface area contributed by atoms with Crippen molar-refractivity contribution in [2.24, 2.45) is 0 Å². The first kappa shape index (κ1) is 16.1. The maximum atomic E-state index is 12.2. The van der Waals surface area contributed by atoms with Crippen molar-refractivity contribution in [2.45, 2.75) is 35.0 Å². The van der Waals surface area contributed by atoms with E-state index in [1.54, 1.807) is 0 Å². The van der Waals surface area contributed by atoms with E-state index in [4.69, 9.17) is 4.74 Å². The van der Waals surface area contributed by atoms with E-state index in [0.29, 0.717) is 16.6 Å². The lowest BCUT2D eigenvalue weighted by molar-refractivity contribution is -0.135. The Balaban J connectivity index is 2.02. The number of carbonyl (C=O) groups excluding carboxylic acids is 1. The van der Waals surface area contributed by atoms with E-state index in [1.807, 2.05) is 26.0 Å². The van der Waals surface area contributed by atoms with Crippen molar-refractivity contribution in [3.05, 3.63) is 36.4 Å². The Bertz CT molecular complexity index is 700. The molecule has 2 aromatic rings. The molecule has 22 heavy (non-hydrogen) atoms. The van der Waals surface area contributed by atoms with Crippen LogP contribution in [-0.2, 0) is 15.7 Å². The Hall–Kier alpha value is -0.750. The third-order valence-electron chi connectivity index (χ3n) is 3.87. The first-order chi connectivity index (χ1) is 10.5. The zero-order chi connectivity index (χ0) is 15.7. The Labute approximate surface area is 148 Å². The summed E-state index contributed by atoms with van der Waals surface area (Å²) in [6.45, 7) is 3.73. The van der Waals surface area contributed by atoms with Crippen LogP contribution in [0.3, 0.4) is 0 Å². The molecule has 0 aliphatic carbocycles. The van der Waals surface area contributed by atoms with Gasteiger partial charge in [0.05, 0.1) is 0 Å². The predicted octanol–water partition coefficient (Wildman–Crippen LogP) is 4.73. The van der Waals surface area contributed by atoms with Crippen LogP contribution < -0.4 is 4.74 Å². The minimum Gasteiger partial charge on any atom is -0.425 e. The van der Waals surface area contributed by atoms with Crippen LogP contribution in [0.2, 0.25) is 0 Å². The highest BCUT2D eigenvalue weighted by atomic mass is 127. The molecule has 0 spiro atoms. The van der Waals surface area contributed by atoms with Crippen molar-refractivity contribution in [1.82, 2.24) is 0 Å². The number of fused-ring (bicyclic) bond motifs is 1. The Morgan fingerprint density at radius 2 is 1.73 bits per heavy atom. The SMILES string of the molecule is CC(C)(I)C(=O)Oc1cccc2c([S+]3CCCC3)cccc12. The molecule has 1 aliphatic heterocycles. The fourth-order valence-corrected chi connectivity index (χ4v) is 5.31. The first-order valence-electron chi connectivity index (χ1n) is 7.57. The van der Waals surface area contributed by atoms with Gasteiger partial charge in [-0.3, -0.25) is 4.79 Å². The molecule has 116 valence electrons. The van der Waals surface area contributed by atoms with Gasteiger partial charge in [-0.1, -0.05) is 40.8 Å². The molecule has 3 rings (SSSR count). The molecule has 0 unspecified atom stereocenters. The molecule has 0 aromatic heterocycles. The molecule has 2 aromatic carbocycles. The van der Waals surface area contributed by atoms with E-state index in [-0.39, 0.29) is 5.97 Å². The van der Waals surface area contributed by atoms with E-state index < -0.39 is 3.42 Å². The smallest absolute Gasteiger partial charge is 0.326 e. The molecule has 0 amide bonds. The fourth-order valence-electron chi connectivity index (χ4n) is 2.69. The molecule has 1 fully saturated rings. The monoisotopic (exact) mass is 427 g/mol. The van der Waals surface area contributed by atoms with Crippen molar-refractivity contribution in [1.29, 1.82) is 0 Å². The summed E-state index contributed by atoms with van der Waals surface area (Å²) in [4.78, 5) is 13.6. The van der Waals surface area contributed by atoms with Crippen LogP contribution in [0, 0.1) is 0 Å². The minimum absolute atomic E-state index is 0.200. The summed E-state index contributed by atoms with van der Waals surface area (Å²) in [7, 11) is 0.355. The Kier molecular flexibility index (Phi) is 4.69. The summed E-state index contributed by atoms with van der Waals surface area (Å²) in [5.41, 5.74) is 0. The van der Waals surface area contributed by atoms with Gasteiger partial charge in [0.1, 0.15) is 20.7 Å². The van der Waals surface area contributed by atoms with Crippen molar-refractivity contribution >= 4 is 50.2 Å². The van der Waals surface area contributed by atoms with Gasteiger partial charge >= 0.3 is 5.97 Å². The van der Waals surface area contributed by atoms with Gasteiger partial charge in [0.15, 0.2) is 4.90 Å². The standard InChI is InChI=1S/C18H20IO2S/c1-18(2,19)17(20)21-15-9-5-8-14-13(15)7-6-10-16(14)22-11-3-4-12-22/h5-10H,3-4,11-12H2,1-2H3/q+1. The third kappa shape index (κ3) is 3.27. The largest absolute Gasteiger partial charge is 0.425 e. The van der Waals surface area contributed by atoms with E-state index >= 15 is 0 Å². The summed E-state index contributed by atoms with van der Waals surface area (Å²) in [6, 6.07) is 12.4. The van der Waals surface area contributed by atoms with E-state index in [9.17, 15) is 4.79 Å². The second kappa shape index (κ2) is 6.40. The summed E-state index contributed by atoms with van der Waals surface area (Å²) in [5, 5.41) is 2.29. The van der Waals surface area contributed by atoms with Gasteiger partial charge in [-0.2, -0.15) is 0 Å². The molecule has 0 N–H and O–H groups in total. The van der Waals surface area contributed by atoms with Crippen LogP contribution in [0.15, 0.2) is 41.3 Å². The molecule has 1 heterocycles. The predicted molar refractivity (Wildman–Crippen MR) is 102 cm³/mol. The van der Waals surface area contributed by atoms with Crippen LogP contribution in [0.5, 0.6) is 5.75 Å². The molecule has 0 bridgehead atoms. The maximum absolute atomic E-state index is 12.2. The van der Waals surface area contributed by atoms with Gasteiger partial charge < -0.3 is 4.74 Å². The lowest BCUT2D eigenvalue weighted by Crippen LogP contribution is -2.29. The van der Waals surface area contributed by atoms with Crippen molar-refractivity contribution in [2.75, 3.05) is 11.5 Å². The molecule has 1 aliphatic rings. The number of carbonyl (C=O) groups is 1. The molecule has 2 nitrogen and oxygen atoms in total. The number of hydrogen-bond acceptors (Lipinski definition) is 2. The van der Waals surface area contributed by atoms with Crippen LogP contribution >= 0.6 is 22.6 Å². The molecule has 0 saturated carbocycles. The number of alkyl halides is 1. The highest BCUT2D eigenvalue weighted by molar-refractivity contribution is 14.1. The molecular weight excluding hydrogens is 407 g/mol. The van der Waals surface area contributed by atoms with Gasteiger partial charge in [0.25, 0.3) is 0 Å². The summed E-state index contributed by atoms with van der Waals surface area (Å²) >= 11 is 2.12. The number of benzene rings is 2. The minimum atomic E-state index is -0.523. The highest BCUT2D eigenvalue weighted by Crippen LogP contribution is 2.34. The molecule has 1 saturated heterocycles. The second-order valence-electron chi connectivity index (χ2n) is 6.08. The Morgan fingerprint density at radius 1 is 1.09 bits per heavy atom. The number of hydrogen-bond donors (Lipinski definition) is 0. The number of rotatable bonds is 3. The maximum Gasteiger partial charge on any atom is 0.326 e. The normalized spacial score (nSPS) is 16.1. The Morgan fingerprint density at radius 3 is 2.41 bits per heavy atom. The molecule has 4 heteroatoms. The van der Waals surface area contributed by atoms with Gasteiger partial charge in [0.2, 0.25) is 0 Å². The highest BCUT2D eigenvalue weighted by Gasteiger charge is 2.30. The number of esters is 1. The summed E-state index contributed by atoms with van der Waals surface area (Å²) in [5.74, 6) is 3.07. The van der Waals surface area contributed by atoms with Gasteiger partial charge in [0, 0.05) is 21.7 Å². The van der Waals surface area contributed by atoms with E-state index in [2.05, 4.69) is 46.9 Å². The van der Waals surface area contributed by atoms with Crippen molar-refractivity contribution < 1.29 is 9.53 Å². The average Bonchev–Trinajstić information content (AvgIpc) is 3.00. The summed E-state index contributed by atoms with van der Waals surface area (Å²) in [6.07, 6.45) is 2.66. The topological polar surface area (TPSA) is 26.3 Å². The summed E-state index contributed by atoms with van der Waals surface area (Å²) < 4.78 is 5.14. The zero-order valence-corrected chi connectivity index (χ0v) is 15.9. The van der Waals surface area contributed by atoms with E-state index in [0.717, 1.165) is 5.39 Å². The average molecular weight is 427 g/mol. The first-order valence-corrected chi connectivity index (χ1v) is 10.2. The van der Waals surface area contributed by atoms with Crippen LogP contribution in [0.4, 0.5) is 0 Å². The van der Waals surface area contributed by atoms with Crippen molar-refractivity contribution in [3.8, 4) is 5.75 Å². The molecule has 0 atom stereocenters. The third-order valence-corrected chi connectivity index (χ3v) is 6.85. The van der Waals surface area contributed by atoms with Gasteiger partial charge in [-0.05, 0) is 44.9 Å². The molecular formula is C18H20IO2S+. The quantitative estimate of drug-likeness (QED) is 0.233. The van der Waals surface area contributed by atoms with E-state index in [1.165, 1.54) is 34.6 Å². The van der Waals surface area contributed by atoms with Gasteiger partial charge in [-0.15, -0.1) is 0 Å². The van der Waals surface area contributed by atoms with Crippen LogP contribution in [0.1, 0.15) is 26.7 Å². The second-order valence-corrected chi connectivity index (χ2v) is 11.0. The van der Waals surface area contributed by atoms with Crippen LogP contribution in [0.25, 0.3) is 10.8 Å². The number of halogens is 1. The lowest BCUT2D eigenvalue weighted by atomic mass is 10.1. The number of ether oxygens (including phenoxy) is 1.